The molecule has 0 radical (unpaired) electrons. The molecule has 1 saturated heterocycles. The Morgan fingerprint density at radius 1 is 1.03 bits per heavy atom. The minimum atomic E-state index is -1.49. The molecule has 7 nitrogen and oxygen atoms in total. The largest absolute Gasteiger partial charge is 0.325 e. The fourth-order valence-corrected chi connectivity index (χ4v) is 5.68. The van der Waals surface area contributed by atoms with E-state index in [0.717, 1.165) is 54.0 Å². The van der Waals surface area contributed by atoms with Crippen LogP contribution in [0.1, 0.15) is 58.4 Å². The Kier molecular flexibility index (Phi) is 4.77. The van der Waals surface area contributed by atoms with Gasteiger partial charge in [-0.3, -0.25) is 9.48 Å². The summed E-state index contributed by atoms with van der Waals surface area (Å²) in [6.07, 6.45) is 2.96. The highest BCUT2D eigenvalue weighted by Crippen LogP contribution is 2.45. The first-order valence-electron chi connectivity index (χ1n) is 11.6. The molecule has 10 heteroatoms. The molecule has 6 rings (SSSR count). The van der Waals surface area contributed by atoms with Crippen molar-refractivity contribution in [2.24, 2.45) is 7.05 Å². The molecule has 2 unspecified atom stereocenters. The van der Waals surface area contributed by atoms with E-state index >= 15 is 0 Å². The van der Waals surface area contributed by atoms with Crippen LogP contribution in [-0.4, -0.2) is 41.2 Å². The van der Waals surface area contributed by atoms with Crippen LogP contribution in [0.4, 0.5) is 13.2 Å². The van der Waals surface area contributed by atoms with Crippen molar-refractivity contribution in [3.05, 3.63) is 70.1 Å². The Morgan fingerprint density at radius 2 is 1.77 bits per heavy atom. The van der Waals surface area contributed by atoms with Crippen LogP contribution in [0.15, 0.2) is 24.3 Å². The van der Waals surface area contributed by atoms with E-state index in [4.69, 9.17) is 0 Å². The summed E-state index contributed by atoms with van der Waals surface area (Å²) in [5.41, 5.74) is 4.95. The first kappa shape index (κ1) is 21.8. The average Bonchev–Trinajstić information content (AvgIpc) is 3.35. The molecule has 5 heterocycles. The molecule has 3 aromatic heterocycles. The van der Waals surface area contributed by atoms with E-state index < -0.39 is 17.5 Å². The van der Waals surface area contributed by atoms with Gasteiger partial charge in [-0.15, -0.1) is 0 Å². The third-order valence-electron chi connectivity index (χ3n) is 7.11. The molecule has 0 aliphatic carbocycles. The van der Waals surface area contributed by atoms with Crippen LogP contribution in [0.3, 0.4) is 0 Å². The van der Waals surface area contributed by atoms with Crippen LogP contribution in [0.5, 0.6) is 0 Å². The second-order valence-electron chi connectivity index (χ2n) is 9.45. The highest BCUT2D eigenvalue weighted by molar-refractivity contribution is 5.94. The number of halogens is 3. The molecule has 1 fully saturated rings. The lowest BCUT2D eigenvalue weighted by Gasteiger charge is -2.45. The van der Waals surface area contributed by atoms with Crippen LogP contribution in [0.2, 0.25) is 0 Å². The van der Waals surface area contributed by atoms with Crippen molar-refractivity contribution in [3.8, 4) is 11.3 Å². The van der Waals surface area contributed by atoms with Crippen LogP contribution >= 0.6 is 0 Å². The van der Waals surface area contributed by atoms with E-state index in [1.54, 1.807) is 22.3 Å². The van der Waals surface area contributed by atoms with E-state index in [9.17, 15) is 18.0 Å². The van der Waals surface area contributed by atoms with Crippen molar-refractivity contribution < 1.29 is 18.0 Å². The normalized spacial score (nSPS) is 19.3. The number of aryl methyl sites for hydroxylation is 3. The lowest BCUT2D eigenvalue weighted by atomic mass is 9.81. The Morgan fingerprint density at radius 3 is 2.51 bits per heavy atom. The fourth-order valence-electron chi connectivity index (χ4n) is 5.68. The third kappa shape index (κ3) is 3.26. The van der Waals surface area contributed by atoms with Gasteiger partial charge in [0, 0.05) is 36.0 Å². The van der Waals surface area contributed by atoms with E-state index in [2.05, 4.69) is 15.2 Å². The summed E-state index contributed by atoms with van der Waals surface area (Å²) in [5, 5.41) is 9.09. The second kappa shape index (κ2) is 7.66. The van der Waals surface area contributed by atoms with Gasteiger partial charge in [0.2, 0.25) is 0 Å². The summed E-state index contributed by atoms with van der Waals surface area (Å²) >= 11 is 0. The quantitative estimate of drug-likeness (QED) is 0.398. The molecule has 4 aromatic rings. The third-order valence-corrected chi connectivity index (χ3v) is 7.11. The number of amides is 1. The number of carbonyl (C=O) groups excluding carboxylic acids is 1. The topological polar surface area (TPSA) is 68.3 Å². The number of rotatable bonds is 2. The van der Waals surface area contributed by atoms with Gasteiger partial charge in [-0.1, -0.05) is 0 Å². The molecule has 1 amide bonds. The first-order chi connectivity index (χ1) is 16.7. The average molecular weight is 480 g/mol. The minimum Gasteiger partial charge on any atom is -0.325 e. The van der Waals surface area contributed by atoms with Gasteiger partial charge in [-0.2, -0.15) is 10.2 Å². The van der Waals surface area contributed by atoms with Crippen LogP contribution in [-0.2, 0) is 13.5 Å². The zero-order chi connectivity index (χ0) is 24.6. The number of hydrogen-bond donors (Lipinski definition) is 0. The minimum absolute atomic E-state index is 0.100. The fraction of sp³-hybridized carbons (Fsp3) is 0.360. The Labute approximate surface area is 199 Å². The number of nitrogens with zero attached hydrogens (tertiary/aromatic N) is 6. The molecule has 0 N–H and O–H groups in total. The molecular formula is C25H23F3N6O. The van der Waals surface area contributed by atoms with Gasteiger partial charge in [-0.25, -0.2) is 22.7 Å². The van der Waals surface area contributed by atoms with Crippen LogP contribution in [0, 0.1) is 31.3 Å². The number of benzene rings is 1. The molecule has 2 atom stereocenters. The zero-order valence-electron chi connectivity index (χ0n) is 19.5. The van der Waals surface area contributed by atoms with Gasteiger partial charge in [0.25, 0.3) is 5.91 Å². The van der Waals surface area contributed by atoms with Crippen molar-refractivity contribution in [1.29, 1.82) is 0 Å². The summed E-state index contributed by atoms with van der Waals surface area (Å²) in [6, 6.07) is 5.21. The molecule has 0 spiro atoms. The standard InChI is InChI=1S/C25H23F3N6O/c1-12-7-21-29-19(8-13(2)34(21)30-12)25(35)33-15-5-4-6-20(33)23-16(11-15)24(32(3)31-23)14-9-17(26)22(28)18(27)10-14/h7-10,15,20H,4-6,11H2,1-3H3. The van der Waals surface area contributed by atoms with Gasteiger partial charge >= 0.3 is 0 Å². The maximum Gasteiger partial charge on any atom is 0.273 e. The van der Waals surface area contributed by atoms with Crippen LogP contribution < -0.4 is 0 Å². The number of piperidine rings is 1. The van der Waals surface area contributed by atoms with Gasteiger partial charge in [0.15, 0.2) is 23.1 Å². The monoisotopic (exact) mass is 480 g/mol. The van der Waals surface area contributed by atoms with Gasteiger partial charge < -0.3 is 4.90 Å². The van der Waals surface area contributed by atoms with Crippen molar-refractivity contribution >= 4 is 11.6 Å². The number of aromatic nitrogens is 5. The predicted octanol–water partition coefficient (Wildman–Crippen LogP) is 4.46. The van der Waals surface area contributed by atoms with E-state index in [-0.39, 0.29) is 23.6 Å². The van der Waals surface area contributed by atoms with E-state index in [1.807, 2.05) is 24.8 Å². The number of carbonyl (C=O) groups is 1. The SMILES string of the molecule is Cc1cc2nc(C(=O)N3C4CCCC3c3nn(C)c(-c5cc(F)c(F)c(F)c5)c3C4)cc(C)n2n1. The van der Waals surface area contributed by atoms with Crippen molar-refractivity contribution in [2.45, 2.75) is 51.6 Å². The summed E-state index contributed by atoms with van der Waals surface area (Å²) in [6.45, 7) is 3.77. The van der Waals surface area contributed by atoms with Gasteiger partial charge in [0.1, 0.15) is 5.69 Å². The maximum absolute atomic E-state index is 14.0. The summed E-state index contributed by atoms with van der Waals surface area (Å²) < 4.78 is 44.9. The molecule has 2 aliphatic rings. The van der Waals surface area contributed by atoms with E-state index in [0.29, 0.717) is 23.5 Å². The van der Waals surface area contributed by atoms with Crippen molar-refractivity contribution in [3.63, 3.8) is 0 Å². The Hall–Kier alpha value is -3.69. The Bertz CT molecular complexity index is 1500. The summed E-state index contributed by atoms with van der Waals surface area (Å²) in [5.74, 6) is -4.14. The summed E-state index contributed by atoms with van der Waals surface area (Å²) in [4.78, 5) is 20.2. The molecule has 2 bridgehead atoms. The van der Waals surface area contributed by atoms with E-state index in [1.165, 1.54) is 0 Å². The lowest BCUT2D eigenvalue weighted by Crippen LogP contribution is -2.50. The predicted molar refractivity (Wildman–Crippen MR) is 121 cm³/mol. The zero-order valence-corrected chi connectivity index (χ0v) is 19.5. The highest BCUT2D eigenvalue weighted by atomic mass is 19.2. The van der Waals surface area contributed by atoms with Gasteiger partial charge in [0.05, 0.1) is 23.1 Å². The van der Waals surface area contributed by atoms with Crippen molar-refractivity contribution in [2.75, 3.05) is 0 Å². The molecule has 180 valence electrons. The smallest absolute Gasteiger partial charge is 0.273 e. The number of fused-ring (bicyclic) bond motifs is 5. The molecule has 1 aromatic carbocycles. The Balaban J connectivity index is 1.43. The molecule has 2 aliphatic heterocycles. The maximum atomic E-state index is 14.0. The van der Waals surface area contributed by atoms with Gasteiger partial charge in [-0.05, 0) is 57.7 Å². The first-order valence-corrected chi connectivity index (χ1v) is 11.6. The molecule has 35 heavy (non-hydrogen) atoms. The van der Waals surface area contributed by atoms with Crippen LogP contribution in [0.25, 0.3) is 16.9 Å². The van der Waals surface area contributed by atoms with Crippen molar-refractivity contribution in [1.82, 2.24) is 29.3 Å². The molecular weight excluding hydrogens is 457 g/mol. The highest BCUT2D eigenvalue weighted by Gasteiger charge is 2.44. The number of hydrogen-bond acceptors (Lipinski definition) is 4. The summed E-state index contributed by atoms with van der Waals surface area (Å²) in [7, 11) is 1.70. The molecule has 0 saturated carbocycles. The lowest BCUT2D eigenvalue weighted by molar-refractivity contribution is 0.0386. The second-order valence-corrected chi connectivity index (χ2v) is 9.45.